The van der Waals surface area contributed by atoms with Gasteiger partial charge in [0.15, 0.2) is 0 Å². The van der Waals surface area contributed by atoms with Crippen LogP contribution in [0, 0.1) is 0 Å². The molecular weight excluding hydrogens is 540 g/mol. The zero-order valence-electron chi connectivity index (χ0n) is 21.3. The van der Waals surface area contributed by atoms with E-state index in [0.717, 1.165) is 5.56 Å². The van der Waals surface area contributed by atoms with Crippen molar-refractivity contribution < 1.29 is 34.1 Å². The first-order chi connectivity index (χ1) is 19.1. The van der Waals surface area contributed by atoms with E-state index < -0.39 is 42.3 Å². The summed E-state index contributed by atoms with van der Waals surface area (Å²) in [6.07, 6.45) is 0. The molecular formula is C28H29ClN4O7. The molecule has 0 aliphatic heterocycles. The molecule has 3 rings (SSSR count). The van der Waals surface area contributed by atoms with Crippen molar-refractivity contribution in [3.63, 3.8) is 0 Å². The van der Waals surface area contributed by atoms with Crippen LogP contribution < -0.4 is 21.7 Å². The molecule has 11 nitrogen and oxygen atoms in total. The van der Waals surface area contributed by atoms with Crippen molar-refractivity contribution in [2.45, 2.75) is 25.2 Å². The third-order valence-corrected chi connectivity index (χ3v) is 5.98. The monoisotopic (exact) mass is 568 g/mol. The first kappa shape index (κ1) is 30.1. The summed E-state index contributed by atoms with van der Waals surface area (Å²) in [6.45, 7) is -0.107. The van der Waals surface area contributed by atoms with Crippen LogP contribution in [0.4, 0.5) is 0 Å². The third-order valence-electron chi connectivity index (χ3n) is 5.67. The Kier molecular flexibility index (Phi) is 11.0. The zero-order chi connectivity index (χ0) is 29.1. The maximum Gasteiger partial charge on any atom is 0.328 e. The van der Waals surface area contributed by atoms with E-state index in [2.05, 4.69) is 16.0 Å². The SMILES string of the molecule is N[C@@H](COCc1ccccc1)C(=O)NC[C@H](NC(=O)c1ccc(C(=O)NCc2cccc(O)c2)cc1Cl)C(=O)O. The van der Waals surface area contributed by atoms with Crippen molar-refractivity contribution in [2.24, 2.45) is 5.73 Å². The Labute approximate surface area is 235 Å². The minimum absolute atomic E-state index is 0.0604. The molecule has 0 radical (unpaired) electrons. The highest BCUT2D eigenvalue weighted by molar-refractivity contribution is 6.34. The van der Waals surface area contributed by atoms with Gasteiger partial charge in [-0.05, 0) is 41.5 Å². The Bertz CT molecular complexity index is 1350. The average Bonchev–Trinajstić information content (AvgIpc) is 2.94. The number of hydrogen-bond acceptors (Lipinski definition) is 7. The Hall–Kier alpha value is -4.45. The summed E-state index contributed by atoms with van der Waals surface area (Å²) >= 11 is 6.21. The molecule has 0 aliphatic rings. The van der Waals surface area contributed by atoms with E-state index >= 15 is 0 Å². The van der Waals surface area contributed by atoms with Crippen molar-refractivity contribution in [1.82, 2.24) is 16.0 Å². The summed E-state index contributed by atoms with van der Waals surface area (Å²) in [4.78, 5) is 49.2. The number of nitrogens with one attached hydrogen (secondary N) is 3. The van der Waals surface area contributed by atoms with Crippen LogP contribution in [0.3, 0.4) is 0 Å². The number of carbonyl (C=O) groups excluding carboxylic acids is 3. The molecule has 0 saturated carbocycles. The molecule has 0 heterocycles. The summed E-state index contributed by atoms with van der Waals surface area (Å²) in [5.74, 6) is -3.24. The van der Waals surface area contributed by atoms with Gasteiger partial charge in [-0.15, -0.1) is 0 Å². The van der Waals surface area contributed by atoms with E-state index in [1.54, 1.807) is 12.1 Å². The van der Waals surface area contributed by atoms with E-state index in [1.807, 2.05) is 30.3 Å². The smallest absolute Gasteiger partial charge is 0.328 e. The van der Waals surface area contributed by atoms with Crippen molar-refractivity contribution in [2.75, 3.05) is 13.2 Å². The molecule has 0 spiro atoms. The molecule has 2 atom stereocenters. The largest absolute Gasteiger partial charge is 0.508 e. The lowest BCUT2D eigenvalue weighted by atomic mass is 10.1. The minimum Gasteiger partial charge on any atom is -0.508 e. The number of hydrogen-bond donors (Lipinski definition) is 6. The van der Waals surface area contributed by atoms with Crippen LogP contribution in [0.25, 0.3) is 0 Å². The lowest BCUT2D eigenvalue weighted by molar-refractivity contribution is -0.139. The number of nitrogens with two attached hydrogens (primary N) is 1. The number of phenols is 1. The molecule has 0 unspecified atom stereocenters. The van der Waals surface area contributed by atoms with Crippen LogP contribution >= 0.6 is 11.6 Å². The van der Waals surface area contributed by atoms with E-state index in [0.29, 0.717) is 5.56 Å². The molecule has 0 saturated heterocycles. The standard InChI is InChI=1S/C28H29ClN4O7/c29-22-12-19(25(35)31-13-18-7-4-8-20(34)11-18)9-10-21(22)26(36)33-24(28(38)39)14-32-27(37)23(30)16-40-15-17-5-2-1-3-6-17/h1-12,23-24,34H,13-16,30H2,(H,31,35)(H,32,37)(H,33,36)(H,38,39)/t23-,24-/m0/s1. The number of benzene rings is 3. The zero-order valence-corrected chi connectivity index (χ0v) is 22.1. The van der Waals surface area contributed by atoms with Crippen LogP contribution in [0.2, 0.25) is 5.02 Å². The number of carboxylic acid groups (broad SMARTS) is 1. The highest BCUT2D eigenvalue weighted by Gasteiger charge is 2.24. The fourth-order valence-corrected chi connectivity index (χ4v) is 3.78. The second-order valence-electron chi connectivity index (χ2n) is 8.76. The number of carboxylic acids is 1. The average molecular weight is 569 g/mol. The van der Waals surface area contributed by atoms with Crippen molar-refractivity contribution in [3.05, 3.63) is 100 Å². The third kappa shape index (κ3) is 9.09. The molecule has 3 aromatic rings. The quantitative estimate of drug-likeness (QED) is 0.180. The summed E-state index contributed by atoms with van der Waals surface area (Å²) in [5.41, 5.74) is 7.53. The van der Waals surface area contributed by atoms with E-state index in [1.165, 1.54) is 30.3 Å². The molecule has 3 aromatic carbocycles. The maximum atomic E-state index is 12.7. The highest BCUT2D eigenvalue weighted by Crippen LogP contribution is 2.19. The lowest BCUT2D eigenvalue weighted by Crippen LogP contribution is -2.52. The van der Waals surface area contributed by atoms with Gasteiger partial charge in [-0.1, -0.05) is 54.1 Å². The van der Waals surface area contributed by atoms with Crippen LogP contribution in [0.15, 0.2) is 72.8 Å². The fraction of sp³-hybridized carbons (Fsp3) is 0.214. The van der Waals surface area contributed by atoms with Gasteiger partial charge in [-0.2, -0.15) is 0 Å². The van der Waals surface area contributed by atoms with Crippen LogP contribution in [0.1, 0.15) is 31.8 Å². The Morgan fingerprint density at radius 1 is 0.900 bits per heavy atom. The minimum atomic E-state index is -1.48. The predicted molar refractivity (Wildman–Crippen MR) is 147 cm³/mol. The summed E-state index contributed by atoms with van der Waals surface area (Å²) in [7, 11) is 0. The molecule has 210 valence electrons. The Morgan fingerprint density at radius 2 is 1.62 bits per heavy atom. The van der Waals surface area contributed by atoms with Crippen molar-refractivity contribution in [3.8, 4) is 5.75 Å². The molecule has 40 heavy (non-hydrogen) atoms. The van der Waals surface area contributed by atoms with Crippen molar-refractivity contribution >= 4 is 35.3 Å². The number of aromatic hydroxyl groups is 1. The normalized spacial score (nSPS) is 12.2. The van der Waals surface area contributed by atoms with E-state index in [-0.39, 0.29) is 41.7 Å². The second-order valence-corrected chi connectivity index (χ2v) is 9.17. The number of halogens is 1. The van der Waals surface area contributed by atoms with E-state index in [9.17, 15) is 29.4 Å². The maximum absolute atomic E-state index is 12.7. The number of aliphatic carboxylic acids is 1. The van der Waals surface area contributed by atoms with Gasteiger partial charge >= 0.3 is 5.97 Å². The van der Waals surface area contributed by atoms with Gasteiger partial charge in [0.25, 0.3) is 11.8 Å². The molecule has 0 aromatic heterocycles. The number of rotatable bonds is 13. The predicted octanol–water partition coefficient (Wildman–Crippen LogP) is 1.82. The molecule has 7 N–H and O–H groups in total. The summed E-state index contributed by atoms with van der Waals surface area (Å²) in [6, 6.07) is 17.1. The van der Waals surface area contributed by atoms with Gasteiger partial charge in [0, 0.05) is 18.7 Å². The van der Waals surface area contributed by atoms with Crippen LogP contribution in [0.5, 0.6) is 5.75 Å². The lowest BCUT2D eigenvalue weighted by Gasteiger charge is -2.18. The molecule has 3 amide bonds. The van der Waals surface area contributed by atoms with Crippen molar-refractivity contribution in [1.29, 1.82) is 0 Å². The number of amides is 3. The van der Waals surface area contributed by atoms with Gasteiger partial charge in [-0.3, -0.25) is 14.4 Å². The molecule has 0 aliphatic carbocycles. The highest BCUT2D eigenvalue weighted by atomic mass is 35.5. The molecule has 0 fully saturated rings. The van der Waals surface area contributed by atoms with Crippen LogP contribution in [-0.4, -0.2) is 59.1 Å². The number of carbonyl (C=O) groups is 4. The molecule has 0 bridgehead atoms. The van der Waals surface area contributed by atoms with E-state index in [4.69, 9.17) is 22.1 Å². The number of ether oxygens (including phenoxy) is 1. The van der Waals surface area contributed by atoms with Gasteiger partial charge in [-0.25, -0.2) is 4.79 Å². The van der Waals surface area contributed by atoms with Gasteiger partial charge in [0.05, 0.1) is 23.8 Å². The fourth-order valence-electron chi connectivity index (χ4n) is 3.51. The van der Waals surface area contributed by atoms with Gasteiger partial charge < -0.3 is 36.6 Å². The van der Waals surface area contributed by atoms with Crippen LogP contribution in [-0.2, 0) is 27.5 Å². The summed E-state index contributed by atoms with van der Waals surface area (Å²) < 4.78 is 5.44. The Balaban J connectivity index is 1.50. The summed E-state index contributed by atoms with van der Waals surface area (Å²) in [5, 5.41) is 26.3. The second kappa shape index (κ2) is 14.6. The van der Waals surface area contributed by atoms with Gasteiger partial charge in [0.1, 0.15) is 17.8 Å². The topological polar surface area (TPSA) is 180 Å². The first-order valence-corrected chi connectivity index (χ1v) is 12.6. The Morgan fingerprint density at radius 3 is 2.30 bits per heavy atom. The molecule has 12 heteroatoms. The number of phenolic OH excluding ortho intramolecular Hbond substituents is 1. The first-order valence-electron chi connectivity index (χ1n) is 12.2. The van der Waals surface area contributed by atoms with Gasteiger partial charge in [0.2, 0.25) is 5.91 Å².